The normalized spacial score (nSPS) is 10.3. The molecule has 1 aromatic heterocycles. The van der Waals surface area contributed by atoms with Crippen LogP contribution in [0.25, 0.3) is 0 Å². The van der Waals surface area contributed by atoms with Gasteiger partial charge in [0.1, 0.15) is 5.69 Å². The lowest BCUT2D eigenvalue weighted by Gasteiger charge is -2.07. The van der Waals surface area contributed by atoms with E-state index in [1.54, 1.807) is 0 Å². The van der Waals surface area contributed by atoms with Gasteiger partial charge in [0.05, 0.1) is 6.54 Å². The second kappa shape index (κ2) is 7.88. The van der Waals surface area contributed by atoms with Gasteiger partial charge < -0.3 is 10.4 Å². The summed E-state index contributed by atoms with van der Waals surface area (Å²) in [6.45, 7) is 0.518. The van der Waals surface area contributed by atoms with Crippen molar-refractivity contribution in [3.63, 3.8) is 0 Å². The number of carboxylic acid groups (broad SMARTS) is 1. The lowest BCUT2D eigenvalue weighted by atomic mass is 10.2. The van der Waals surface area contributed by atoms with Crippen LogP contribution in [0.2, 0.25) is 0 Å². The molecule has 0 aliphatic heterocycles. The fourth-order valence-electron chi connectivity index (χ4n) is 1.97. The number of rotatable bonds is 7. The number of benzene rings is 1. The van der Waals surface area contributed by atoms with Gasteiger partial charge >= 0.3 is 5.97 Å². The molecule has 0 aliphatic rings. The van der Waals surface area contributed by atoms with E-state index < -0.39 is 11.9 Å². The average Bonchev–Trinajstić information content (AvgIpc) is 2.54. The Labute approximate surface area is 132 Å². The molecule has 1 amide bonds. The van der Waals surface area contributed by atoms with Gasteiger partial charge in [-0.25, -0.2) is 4.68 Å². The molecule has 7 nitrogen and oxygen atoms in total. The Kier molecular flexibility index (Phi) is 5.62. The van der Waals surface area contributed by atoms with Gasteiger partial charge in [-0.1, -0.05) is 30.3 Å². The largest absolute Gasteiger partial charge is 0.481 e. The van der Waals surface area contributed by atoms with Gasteiger partial charge in [-0.3, -0.25) is 14.4 Å². The molecule has 7 heteroatoms. The van der Waals surface area contributed by atoms with E-state index in [9.17, 15) is 14.4 Å². The summed E-state index contributed by atoms with van der Waals surface area (Å²) in [6, 6.07) is 12.0. The zero-order valence-corrected chi connectivity index (χ0v) is 12.4. The molecule has 0 bridgehead atoms. The van der Waals surface area contributed by atoms with Crippen molar-refractivity contribution in [2.45, 2.75) is 19.4 Å². The molecule has 2 N–H and O–H groups in total. The second-order valence-electron chi connectivity index (χ2n) is 4.95. The van der Waals surface area contributed by atoms with Crippen molar-refractivity contribution < 1.29 is 14.7 Å². The summed E-state index contributed by atoms with van der Waals surface area (Å²) in [5.41, 5.74) is 0.730. The minimum absolute atomic E-state index is 0.0127. The first-order valence-corrected chi connectivity index (χ1v) is 7.18. The third kappa shape index (κ3) is 5.06. The molecular weight excluding hydrogens is 298 g/mol. The van der Waals surface area contributed by atoms with Crippen molar-refractivity contribution in [2.24, 2.45) is 0 Å². The minimum atomic E-state index is -0.909. The van der Waals surface area contributed by atoms with Crippen LogP contribution in [-0.2, 0) is 11.3 Å². The van der Waals surface area contributed by atoms with E-state index in [0.717, 1.165) is 5.56 Å². The zero-order valence-electron chi connectivity index (χ0n) is 12.4. The number of hydrogen-bond donors (Lipinski definition) is 2. The molecule has 0 unspecified atom stereocenters. The maximum absolute atomic E-state index is 12.0. The molecule has 0 saturated carbocycles. The molecule has 23 heavy (non-hydrogen) atoms. The average molecular weight is 315 g/mol. The topological polar surface area (TPSA) is 101 Å². The van der Waals surface area contributed by atoms with Crippen LogP contribution in [0.3, 0.4) is 0 Å². The van der Waals surface area contributed by atoms with E-state index in [1.807, 2.05) is 30.3 Å². The number of carboxylic acids is 1. The van der Waals surface area contributed by atoms with E-state index in [4.69, 9.17) is 5.11 Å². The SMILES string of the molecule is O=C(O)CCCNC(=O)c1ccc(=O)n(Cc2ccccc2)n1. The van der Waals surface area contributed by atoms with Gasteiger partial charge in [-0.2, -0.15) is 5.10 Å². The number of aliphatic carboxylic acids is 1. The summed E-state index contributed by atoms with van der Waals surface area (Å²) < 4.78 is 1.22. The van der Waals surface area contributed by atoms with Crippen LogP contribution in [-0.4, -0.2) is 33.3 Å². The number of carbonyl (C=O) groups excluding carboxylic acids is 1. The molecule has 1 aromatic carbocycles. The summed E-state index contributed by atoms with van der Waals surface area (Å²) in [4.78, 5) is 34.2. The molecule has 2 aromatic rings. The Balaban J connectivity index is 2.03. The number of nitrogens with zero attached hydrogens (tertiary/aromatic N) is 2. The van der Waals surface area contributed by atoms with Crippen LogP contribution in [0.4, 0.5) is 0 Å². The predicted octanol–water partition coefficient (Wildman–Crippen LogP) is 0.886. The molecule has 2 rings (SSSR count). The molecule has 0 saturated heterocycles. The summed E-state index contributed by atoms with van der Waals surface area (Å²) in [6.07, 6.45) is 0.325. The van der Waals surface area contributed by atoms with Crippen LogP contribution < -0.4 is 10.9 Å². The van der Waals surface area contributed by atoms with Gasteiger partial charge in [0.2, 0.25) is 0 Å². The molecule has 120 valence electrons. The first-order valence-electron chi connectivity index (χ1n) is 7.18. The van der Waals surface area contributed by atoms with Crippen molar-refractivity contribution in [1.82, 2.24) is 15.1 Å². The minimum Gasteiger partial charge on any atom is -0.481 e. The number of carbonyl (C=O) groups is 2. The maximum atomic E-state index is 12.0. The van der Waals surface area contributed by atoms with Crippen molar-refractivity contribution in [3.8, 4) is 0 Å². The lowest BCUT2D eigenvalue weighted by molar-refractivity contribution is -0.137. The van der Waals surface area contributed by atoms with Crippen LogP contribution in [0.1, 0.15) is 28.9 Å². The molecule has 0 fully saturated rings. The third-order valence-corrected chi connectivity index (χ3v) is 3.13. The van der Waals surface area contributed by atoms with E-state index >= 15 is 0 Å². The summed E-state index contributed by atoms with van der Waals surface area (Å²) in [5.74, 6) is -1.34. The van der Waals surface area contributed by atoms with Crippen LogP contribution >= 0.6 is 0 Å². The molecule has 0 spiro atoms. The fourth-order valence-corrected chi connectivity index (χ4v) is 1.97. The van der Waals surface area contributed by atoms with Crippen molar-refractivity contribution in [3.05, 3.63) is 64.1 Å². The zero-order chi connectivity index (χ0) is 16.7. The van der Waals surface area contributed by atoms with Crippen molar-refractivity contribution >= 4 is 11.9 Å². The highest BCUT2D eigenvalue weighted by Gasteiger charge is 2.09. The van der Waals surface area contributed by atoms with E-state index in [0.29, 0.717) is 6.42 Å². The first-order chi connectivity index (χ1) is 11.1. The van der Waals surface area contributed by atoms with Crippen LogP contribution in [0.15, 0.2) is 47.3 Å². The Morgan fingerprint density at radius 1 is 1.13 bits per heavy atom. The molecular formula is C16H17N3O4. The fraction of sp³-hybridized carbons (Fsp3) is 0.250. The van der Waals surface area contributed by atoms with Crippen LogP contribution in [0.5, 0.6) is 0 Å². The van der Waals surface area contributed by atoms with Gasteiger partial charge in [0.15, 0.2) is 0 Å². The Hall–Kier alpha value is -2.96. The van der Waals surface area contributed by atoms with E-state index in [2.05, 4.69) is 10.4 Å². The van der Waals surface area contributed by atoms with Gasteiger partial charge in [0, 0.05) is 19.0 Å². The predicted molar refractivity (Wildman–Crippen MR) is 83.2 cm³/mol. The van der Waals surface area contributed by atoms with Gasteiger partial charge in [-0.05, 0) is 18.1 Å². The first kappa shape index (κ1) is 16.4. The number of amides is 1. The smallest absolute Gasteiger partial charge is 0.303 e. The Morgan fingerprint density at radius 3 is 2.57 bits per heavy atom. The Morgan fingerprint density at radius 2 is 1.87 bits per heavy atom. The highest BCUT2D eigenvalue weighted by molar-refractivity contribution is 5.91. The Bertz CT molecular complexity index is 740. The molecule has 0 aliphatic carbocycles. The number of hydrogen-bond acceptors (Lipinski definition) is 4. The molecule has 0 radical (unpaired) electrons. The van der Waals surface area contributed by atoms with E-state index in [-0.39, 0.29) is 30.8 Å². The van der Waals surface area contributed by atoms with Crippen molar-refractivity contribution in [1.29, 1.82) is 0 Å². The maximum Gasteiger partial charge on any atom is 0.303 e. The lowest BCUT2D eigenvalue weighted by Crippen LogP contribution is -2.30. The summed E-state index contributed by atoms with van der Waals surface area (Å²) >= 11 is 0. The van der Waals surface area contributed by atoms with E-state index in [1.165, 1.54) is 16.8 Å². The van der Waals surface area contributed by atoms with Gasteiger partial charge in [-0.15, -0.1) is 0 Å². The summed E-state index contributed by atoms with van der Waals surface area (Å²) in [7, 11) is 0. The number of aromatic nitrogens is 2. The second-order valence-corrected chi connectivity index (χ2v) is 4.95. The number of nitrogens with one attached hydrogen (secondary N) is 1. The molecule has 1 heterocycles. The van der Waals surface area contributed by atoms with Crippen molar-refractivity contribution in [2.75, 3.05) is 6.54 Å². The van der Waals surface area contributed by atoms with Gasteiger partial charge in [0.25, 0.3) is 11.5 Å². The summed E-state index contributed by atoms with van der Waals surface area (Å²) in [5, 5.41) is 15.2. The standard InChI is InChI=1S/C16H17N3O4/c20-14-9-8-13(16(23)17-10-4-7-15(21)22)18-19(14)11-12-5-2-1-3-6-12/h1-3,5-6,8-9H,4,7,10-11H2,(H,17,23)(H,21,22). The quantitative estimate of drug-likeness (QED) is 0.739. The van der Waals surface area contributed by atoms with Crippen LogP contribution in [0, 0.1) is 0 Å². The molecule has 0 atom stereocenters. The highest BCUT2D eigenvalue weighted by atomic mass is 16.4. The third-order valence-electron chi connectivity index (χ3n) is 3.13. The monoisotopic (exact) mass is 315 g/mol. The highest BCUT2D eigenvalue weighted by Crippen LogP contribution is 2.00.